The molecule has 0 nitrogen and oxygen atoms in total. The number of halogens is 1. The van der Waals surface area contributed by atoms with E-state index in [0.717, 1.165) is 23.1 Å². The van der Waals surface area contributed by atoms with Crippen molar-refractivity contribution >= 4 is 5.83 Å². The molecule has 0 amide bonds. The van der Waals surface area contributed by atoms with Gasteiger partial charge in [0.2, 0.25) is 0 Å². The summed E-state index contributed by atoms with van der Waals surface area (Å²) in [5, 5.41) is 0. The van der Waals surface area contributed by atoms with E-state index in [1.807, 2.05) is 19.1 Å². The van der Waals surface area contributed by atoms with Crippen molar-refractivity contribution in [3.63, 3.8) is 0 Å². The predicted molar refractivity (Wildman–Crippen MR) is 59.9 cm³/mol. The van der Waals surface area contributed by atoms with Gasteiger partial charge in [0.25, 0.3) is 0 Å². The van der Waals surface area contributed by atoms with Crippen molar-refractivity contribution in [2.24, 2.45) is 0 Å². The molecule has 0 atom stereocenters. The first-order valence-electron chi connectivity index (χ1n) is 4.99. The van der Waals surface area contributed by atoms with Gasteiger partial charge in [-0.15, -0.1) is 0 Å². The van der Waals surface area contributed by atoms with Crippen LogP contribution in [0.3, 0.4) is 0 Å². The zero-order chi connectivity index (χ0) is 10.7. The Bertz CT molecular complexity index is 357. The van der Waals surface area contributed by atoms with Gasteiger partial charge in [-0.05, 0) is 38.3 Å². The fourth-order valence-electron chi connectivity index (χ4n) is 1.50. The molecule has 0 saturated carbocycles. The molecular weight excluding hydrogens is 175 g/mol. The summed E-state index contributed by atoms with van der Waals surface area (Å²) in [5.41, 5.74) is 3.76. The highest BCUT2D eigenvalue weighted by molar-refractivity contribution is 5.65. The van der Waals surface area contributed by atoms with Crippen LogP contribution >= 0.6 is 0 Å². The summed E-state index contributed by atoms with van der Waals surface area (Å²) in [6.07, 6.45) is 0.873. The van der Waals surface area contributed by atoms with Crippen LogP contribution in [0, 0.1) is 6.92 Å². The van der Waals surface area contributed by atoms with Gasteiger partial charge in [0.15, 0.2) is 0 Å². The van der Waals surface area contributed by atoms with Crippen LogP contribution in [0.5, 0.6) is 0 Å². The van der Waals surface area contributed by atoms with E-state index in [1.165, 1.54) is 5.56 Å². The molecule has 0 aliphatic heterocycles. The normalized spacial score (nSPS) is 10.1. The highest BCUT2D eigenvalue weighted by atomic mass is 19.1. The topological polar surface area (TPSA) is 0 Å². The Kier molecular flexibility index (Phi) is 3.45. The van der Waals surface area contributed by atoms with Crippen LogP contribution in [0.25, 0.3) is 5.83 Å². The molecule has 1 aromatic rings. The van der Waals surface area contributed by atoms with Crippen molar-refractivity contribution < 1.29 is 4.39 Å². The molecule has 14 heavy (non-hydrogen) atoms. The monoisotopic (exact) mass is 192 g/mol. The SMILES string of the molecule is CCc1cc(C)ccc1C(F)=C(C)C. The summed E-state index contributed by atoms with van der Waals surface area (Å²) in [6, 6.07) is 5.88. The van der Waals surface area contributed by atoms with Gasteiger partial charge < -0.3 is 0 Å². The first-order chi connectivity index (χ1) is 6.56. The summed E-state index contributed by atoms with van der Waals surface area (Å²) < 4.78 is 13.7. The zero-order valence-corrected chi connectivity index (χ0v) is 9.32. The number of aryl methyl sites for hydroxylation is 2. The third-order valence-electron chi connectivity index (χ3n) is 2.32. The number of hydrogen-bond donors (Lipinski definition) is 0. The minimum Gasteiger partial charge on any atom is -0.206 e. The van der Waals surface area contributed by atoms with Gasteiger partial charge in [0, 0.05) is 5.56 Å². The lowest BCUT2D eigenvalue weighted by molar-refractivity contribution is 0.746. The molecule has 0 saturated heterocycles. The second-order valence-electron chi connectivity index (χ2n) is 3.83. The van der Waals surface area contributed by atoms with E-state index in [0.29, 0.717) is 0 Å². The summed E-state index contributed by atoms with van der Waals surface area (Å²) in [7, 11) is 0. The third-order valence-corrected chi connectivity index (χ3v) is 2.32. The Morgan fingerprint density at radius 2 is 1.93 bits per heavy atom. The lowest BCUT2D eigenvalue weighted by Crippen LogP contribution is -1.91. The maximum atomic E-state index is 13.7. The Morgan fingerprint density at radius 3 is 2.43 bits per heavy atom. The lowest BCUT2D eigenvalue weighted by atomic mass is 10.00. The molecular formula is C13H17F. The van der Waals surface area contributed by atoms with Gasteiger partial charge in [-0.2, -0.15) is 0 Å². The Morgan fingerprint density at radius 1 is 1.29 bits per heavy atom. The Balaban J connectivity index is 3.28. The van der Waals surface area contributed by atoms with E-state index in [4.69, 9.17) is 0 Å². The Labute approximate surface area is 85.5 Å². The second-order valence-corrected chi connectivity index (χ2v) is 3.83. The molecule has 0 heterocycles. The van der Waals surface area contributed by atoms with Crippen molar-refractivity contribution in [2.45, 2.75) is 34.1 Å². The van der Waals surface area contributed by atoms with Crippen LogP contribution < -0.4 is 0 Å². The molecule has 0 aliphatic carbocycles. The quantitative estimate of drug-likeness (QED) is 0.656. The molecule has 1 heteroatoms. The van der Waals surface area contributed by atoms with E-state index in [1.54, 1.807) is 13.8 Å². The molecule has 0 fully saturated rings. The van der Waals surface area contributed by atoms with E-state index in [-0.39, 0.29) is 5.83 Å². The van der Waals surface area contributed by atoms with Crippen LogP contribution in [0.4, 0.5) is 4.39 Å². The molecule has 0 bridgehead atoms. The molecule has 0 radical (unpaired) electrons. The number of rotatable bonds is 2. The minimum absolute atomic E-state index is 0.0816. The summed E-state index contributed by atoms with van der Waals surface area (Å²) >= 11 is 0. The van der Waals surface area contributed by atoms with Gasteiger partial charge in [-0.25, -0.2) is 4.39 Å². The van der Waals surface area contributed by atoms with Crippen LogP contribution in [0.2, 0.25) is 0 Å². The maximum Gasteiger partial charge on any atom is 0.129 e. The smallest absolute Gasteiger partial charge is 0.129 e. The average Bonchev–Trinajstić information content (AvgIpc) is 2.16. The van der Waals surface area contributed by atoms with E-state index in [9.17, 15) is 4.39 Å². The van der Waals surface area contributed by atoms with Crippen LogP contribution in [0.15, 0.2) is 23.8 Å². The summed E-state index contributed by atoms with van der Waals surface area (Å²) in [5.74, 6) is -0.0816. The van der Waals surface area contributed by atoms with Gasteiger partial charge >= 0.3 is 0 Å². The maximum absolute atomic E-state index is 13.7. The van der Waals surface area contributed by atoms with Gasteiger partial charge in [-0.3, -0.25) is 0 Å². The standard InChI is InChI=1S/C13H17F/c1-5-11-8-10(4)6-7-12(11)13(14)9(2)3/h6-8H,5H2,1-4H3. The number of benzene rings is 1. The van der Waals surface area contributed by atoms with Gasteiger partial charge in [0.05, 0.1) is 0 Å². The van der Waals surface area contributed by atoms with Gasteiger partial charge in [0.1, 0.15) is 5.83 Å². The zero-order valence-electron chi connectivity index (χ0n) is 9.32. The van der Waals surface area contributed by atoms with Gasteiger partial charge in [-0.1, -0.05) is 30.7 Å². The van der Waals surface area contributed by atoms with E-state index in [2.05, 4.69) is 13.0 Å². The second kappa shape index (κ2) is 4.41. The van der Waals surface area contributed by atoms with Crippen LogP contribution in [-0.4, -0.2) is 0 Å². The average molecular weight is 192 g/mol. The third kappa shape index (κ3) is 2.22. The first kappa shape index (κ1) is 11.0. The van der Waals surface area contributed by atoms with E-state index >= 15 is 0 Å². The molecule has 1 aromatic carbocycles. The molecule has 1 rings (SSSR count). The number of hydrogen-bond acceptors (Lipinski definition) is 0. The molecule has 0 spiro atoms. The van der Waals surface area contributed by atoms with Crippen LogP contribution in [-0.2, 0) is 6.42 Å². The fraction of sp³-hybridized carbons (Fsp3) is 0.385. The summed E-state index contributed by atoms with van der Waals surface area (Å²) in [6.45, 7) is 7.68. The predicted octanol–water partition coefficient (Wildman–Crippen LogP) is 4.28. The van der Waals surface area contributed by atoms with Crippen molar-refractivity contribution in [1.82, 2.24) is 0 Å². The van der Waals surface area contributed by atoms with Crippen molar-refractivity contribution in [3.05, 3.63) is 40.5 Å². The largest absolute Gasteiger partial charge is 0.206 e. The highest BCUT2D eigenvalue weighted by Gasteiger charge is 2.07. The van der Waals surface area contributed by atoms with Crippen molar-refractivity contribution in [3.8, 4) is 0 Å². The molecule has 0 unspecified atom stereocenters. The first-order valence-corrected chi connectivity index (χ1v) is 4.99. The molecule has 0 aliphatic rings. The van der Waals surface area contributed by atoms with E-state index < -0.39 is 0 Å². The van der Waals surface area contributed by atoms with Crippen molar-refractivity contribution in [2.75, 3.05) is 0 Å². The lowest BCUT2D eigenvalue weighted by Gasteiger charge is -2.08. The summed E-state index contributed by atoms with van der Waals surface area (Å²) in [4.78, 5) is 0. The fourth-order valence-corrected chi connectivity index (χ4v) is 1.50. The molecule has 0 N–H and O–H groups in total. The Hall–Kier alpha value is -1.11. The number of allylic oxidation sites excluding steroid dienone is 1. The molecule has 76 valence electrons. The van der Waals surface area contributed by atoms with Crippen molar-refractivity contribution in [1.29, 1.82) is 0 Å². The van der Waals surface area contributed by atoms with Crippen LogP contribution in [0.1, 0.15) is 37.5 Å². The minimum atomic E-state index is -0.0816. The molecule has 0 aromatic heterocycles. The highest BCUT2D eigenvalue weighted by Crippen LogP contribution is 2.24.